The molecule has 0 heteroatoms. The van der Waals surface area contributed by atoms with Gasteiger partial charge in [0.1, 0.15) is 0 Å². The monoisotopic (exact) mass is 372 g/mol. The molecule has 2 unspecified atom stereocenters. The Morgan fingerprint density at radius 2 is 0.333 bits per heavy atom. The Hall–Kier alpha value is 0. The first-order valence-corrected chi connectivity index (χ1v) is 13.4. The van der Waals surface area contributed by atoms with E-state index in [1.54, 1.807) is 77.0 Å². The summed E-state index contributed by atoms with van der Waals surface area (Å²) in [6.45, 7) is 0. The molecule has 0 bridgehead atoms. The molecule has 0 spiro atoms. The van der Waals surface area contributed by atoms with E-state index in [-0.39, 0.29) is 0 Å². The zero-order valence-corrected chi connectivity index (χ0v) is 18.3. The van der Waals surface area contributed by atoms with Crippen LogP contribution in [-0.4, -0.2) is 0 Å². The van der Waals surface area contributed by atoms with Gasteiger partial charge in [-0.05, 0) is 35.5 Å². The third-order valence-electron chi connectivity index (χ3n) is 9.65. The van der Waals surface area contributed by atoms with Gasteiger partial charge in [-0.15, -0.1) is 0 Å². The molecule has 0 heterocycles. The van der Waals surface area contributed by atoms with Crippen molar-refractivity contribution in [1.29, 1.82) is 0 Å². The highest BCUT2D eigenvalue weighted by atomic mass is 14.4. The van der Waals surface area contributed by atoms with Gasteiger partial charge in [-0.3, -0.25) is 0 Å². The first-order chi connectivity index (χ1) is 13.4. The van der Waals surface area contributed by atoms with Gasteiger partial charge in [-0.25, -0.2) is 0 Å². The molecule has 6 rings (SSSR count). The lowest BCUT2D eigenvalue weighted by molar-refractivity contribution is 0.171. The summed E-state index contributed by atoms with van der Waals surface area (Å²) in [4.78, 5) is 0. The first kappa shape index (κ1) is 20.3. The Labute approximate surface area is 170 Å². The van der Waals surface area contributed by atoms with Crippen LogP contribution in [0.5, 0.6) is 0 Å². The Morgan fingerprint density at radius 3 is 0.519 bits per heavy atom. The minimum Gasteiger partial charge on any atom is -0.0530 e. The molecule has 0 aromatic rings. The molecule has 0 aliphatic heterocycles. The molecule has 27 heavy (non-hydrogen) atoms. The molecule has 6 aliphatic rings. The zero-order valence-electron chi connectivity index (χ0n) is 18.3. The van der Waals surface area contributed by atoms with E-state index in [1.165, 1.54) is 81.5 Å². The highest BCUT2D eigenvalue weighted by Crippen LogP contribution is 2.44. The van der Waals surface area contributed by atoms with Crippen molar-refractivity contribution in [1.82, 2.24) is 0 Å². The highest BCUT2D eigenvalue weighted by Gasteiger charge is 2.31. The van der Waals surface area contributed by atoms with Gasteiger partial charge in [0.05, 0.1) is 0 Å². The summed E-state index contributed by atoms with van der Waals surface area (Å²) in [7, 11) is 0. The maximum absolute atomic E-state index is 1.56. The van der Waals surface area contributed by atoms with Crippen molar-refractivity contribution in [2.45, 2.75) is 135 Å². The second-order valence-corrected chi connectivity index (χ2v) is 11.2. The summed E-state index contributed by atoms with van der Waals surface area (Å²) in [6.07, 6.45) is 32.5. The minimum absolute atomic E-state index is 1.16. The van der Waals surface area contributed by atoms with Gasteiger partial charge in [0.2, 0.25) is 0 Å². The molecule has 0 N–H and O–H groups in total. The molecular formula is C27H48. The summed E-state index contributed by atoms with van der Waals surface area (Å²) in [6, 6.07) is 0. The van der Waals surface area contributed by atoms with Gasteiger partial charge in [0.15, 0.2) is 0 Å². The predicted octanol–water partition coefficient (Wildman–Crippen LogP) is 8.93. The average molecular weight is 373 g/mol. The number of rotatable bonds is 0. The molecule has 156 valence electrons. The van der Waals surface area contributed by atoms with E-state index in [2.05, 4.69) is 0 Å². The average Bonchev–Trinajstić information content (AvgIpc) is 3.46. The van der Waals surface area contributed by atoms with Gasteiger partial charge in [-0.2, -0.15) is 0 Å². The highest BCUT2D eigenvalue weighted by molar-refractivity contribution is 4.83. The van der Waals surface area contributed by atoms with E-state index in [9.17, 15) is 0 Å². The van der Waals surface area contributed by atoms with E-state index >= 15 is 0 Å². The maximum atomic E-state index is 1.56. The van der Waals surface area contributed by atoms with Crippen molar-refractivity contribution in [3.8, 4) is 0 Å². The summed E-state index contributed by atoms with van der Waals surface area (Å²) in [5.41, 5.74) is 0. The third-order valence-corrected chi connectivity index (χ3v) is 9.65. The van der Waals surface area contributed by atoms with Crippen molar-refractivity contribution in [2.24, 2.45) is 35.5 Å². The van der Waals surface area contributed by atoms with Crippen molar-refractivity contribution in [3.05, 3.63) is 0 Å². The lowest BCUT2D eigenvalue weighted by atomic mass is 9.71. The Balaban J connectivity index is 0.000000101. The van der Waals surface area contributed by atoms with Crippen LogP contribution in [0.15, 0.2) is 0 Å². The fraction of sp³-hybridized carbons (Fsp3) is 1.00. The van der Waals surface area contributed by atoms with E-state index in [0.29, 0.717) is 0 Å². The van der Waals surface area contributed by atoms with Crippen LogP contribution in [0.25, 0.3) is 0 Å². The molecule has 6 saturated carbocycles. The van der Waals surface area contributed by atoms with Crippen molar-refractivity contribution >= 4 is 0 Å². The van der Waals surface area contributed by atoms with Crippen molar-refractivity contribution in [2.75, 3.05) is 0 Å². The SMILES string of the molecule is C1CC2CCCC2C1.C1CCC2CCCC2C1.C1CCC2CCCCC2C1. The molecule has 0 amide bonds. The maximum Gasteiger partial charge on any atom is -0.0386 e. The standard InChI is InChI=1S/C10H18.C9H16.C8H14/c1-2-6-10-8-4-3-7-9(10)5-1;1-2-5-9-7-3-6-8(9)4-1;1-3-7-5-2-6-8(7)4-1/h9-10H,1-8H2;8-9H,1-7H2;7-8H,1-6H2. The van der Waals surface area contributed by atoms with Crippen molar-refractivity contribution < 1.29 is 0 Å². The minimum atomic E-state index is 1.16. The zero-order chi connectivity index (χ0) is 18.3. The van der Waals surface area contributed by atoms with Gasteiger partial charge < -0.3 is 0 Å². The fourth-order valence-corrected chi connectivity index (χ4v) is 8.06. The molecule has 0 aromatic carbocycles. The second kappa shape index (κ2) is 10.7. The quantitative estimate of drug-likeness (QED) is 0.398. The van der Waals surface area contributed by atoms with Crippen molar-refractivity contribution in [3.63, 3.8) is 0 Å². The number of hydrogen-bond acceptors (Lipinski definition) is 0. The molecule has 2 atom stereocenters. The summed E-state index contributed by atoms with van der Waals surface area (Å²) in [5.74, 6) is 6.99. The Morgan fingerprint density at radius 1 is 0.185 bits per heavy atom. The molecule has 0 radical (unpaired) electrons. The van der Waals surface area contributed by atoms with E-state index in [1.807, 2.05) is 0 Å². The number of fused-ring (bicyclic) bond motifs is 3. The van der Waals surface area contributed by atoms with Crippen LogP contribution in [-0.2, 0) is 0 Å². The van der Waals surface area contributed by atoms with E-state index < -0.39 is 0 Å². The van der Waals surface area contributed by atoms with Crippen LogP contribution in [0.4, 0.5) is 0 Å². The van der Waals surface area contributed by atoms with Crippen LogP contribution < -0.4 is 0 Å². The van der Waals surface area contributed by atoms with Gasteiger partial charge in [0, 0.05) is 0 Å². The van der Waals surface area contributed by atoms with Crippen LogP contribution in [0.2, 0.25) is 0 Å². The Kier molecular flexibility index (Phi) is 8.02. The molecule has 0 aromatic heterocycles. The van der Waals surface area contributed by atoms with Crippen LogP contribution in [0.1, 0.15) is 135 Å². The molecule has 6 aliphatic carbocycles. The molecule has 0 nitrogen and oxygen atoms in total. The normalized spacial score (nSPS) is 42.7. The summed E-state index contributed by atoms with van der Waals surface area (Å²) in [5, 5.41) is 0. The van der Waals surface area contributed by atoms with Crippen LogP contribution >= 0.6 is 0 Å². The summed E-state index contributed by atoms with van der Waals surface area (Å²) >= 11 is 0. The lowest BCUT2D eigenvalue weighted by Gasteiger charge is -2.35. The van der Waals surface area contributed by atoms with E-state index in [0.717, 1.165) is 11.8 Å². The molecule has 6 fully saturated rings. The third kappa shape index (κ3) is 5.76. The van der Waals surface area contributed by atoms with Gasteiger partial charge in [-0.1, -0.05) is 135 Å². The number of hydrogen-bond donors (Lipinski definition) is 0. The summed E-state index contributed by atoms with van der Waals surface area (Å²) < 4.78 is 0. The van der Waals surface area contributed by atoms with E-state index in [4.69, 9.17) is 0 Å². The largest absolute Gasteiger partial charge is 0.0530 e. The topological polar surface area (TPSA) is 0 Å². The van der Waals surface area contributed by atoms with Gasteiger partial charge >= 0.3 is 0 Å². The fourth-order valence-electron chi connectivity index (χ4n) is 8.06. The molecular weight excluding hydrogens is 324 g/mol. The smallest absolute Gasteiger partial charge is 0.0386 e. The first-order valence-electron chi connectivity index (χ1n) is 13.4. The van der Waals surface area contributed by atoms with Gasteiger partial charge in [0.25, 0.3) is 0 Å². The lowest BCUT2D eigenvalue weighted by Crippen LogP contribution is -2.22. The Bertz CT molecular complexity index is 354. The molecule has 0 saturated heterocycles. The van der Waals surface area contributed by atoms with Crippen LogP contribution in [0, 0.1) is 35.5 Å². The van der Waals surface area contributed by atoms with Crippen LogP contribution in [0.3, 0.4) is 0 Å². The second-order valence-electron chi connectivity index (χ2n) is 11.2. The predicted molar refractivity (Wildman–Crippen MR) is 118 cm³/mol.